The number of rotatable bonds is 4. The summed E-state index contributed by atoms with van der Waals surface area (Å²) in [5, 5.41) is 0. The molecule has 0 radical (unpaired) electrons. The van der Waals surface area contributed by atoms with Crippen molar-refractivity contribution in [3.05, 3.63) is 35.9 Å². The van der Waals surface area contributed by atoms with E-state index in [9.17, 15) is 4.79 Å². The quantitative estimate of drug-likeness (QED) is 0.831. The van der Waals surface area contributed by atoms with Crippen LogP contribution in [0.5, 0.6) is 0 Å². The van der Waals surface area contributed by atoms with Gasteiger partial charge in [0.15, 0.2) is 12.1 Å². The van der Waals surface area contributed by atoms with Gasteiger partial charge in [0.25, 0.3) is 0 Å². The second-order valence-electron chi connectivity index (χ2n) is 5.20. The number of Topliss-reactive ketones (excluding diaryl/α,β-unsaturated/α-hetero) is 1. The van der Waals surface area contributed by atoms with Crippen LogP contribution in [0.3, 0.4) is 0 Å². The Bertz CT molecular complexity index is 445. The van der Waals surface area contributed by atoms with Gasteiger partial charge in [-0.1, -0.05) is 37.3 Å². The summed E-state index contributed by atoms with van der Waals surface area (Å²) in [6, 6.07) is 9.95. The maximum Gasteiger partial charge on any atom is 0.167 e. The number of ether oxygens (including phenoxy) is 3. The third kappa shape index (κ3) is 2.71. The first kappa shape index (κ1) is 12.8. The fourth-order valence-corrected chi connectivity index (χ4v) is 2.59. The van der Waals surface area contributed by atoms with Crippen LogP contribution in [0.25, 0.3) is 0 Å². The van der Waals surface area contributed by atoms with E-state index >= 15 is 0 Å². The van der Waals surface area contributed by atoms with E-state index in [4.69, 9.17) is 14.2 Å². The predicted octanol–water partition coefficient (Wildman–Crippen LogP) is 1.92. The van der Waals surface area contributed by atoms with Gasteiger partial charge < -0.3 is 14.2 Å². The SMILES string of the molecule is CC1C[C@@H]2O[C@H](C1=O)[C@@H](COCc1ccccc1)O2. The van der Waals surface area contributed by atoms with Gasteiger partial charge in [-0.2, -0.15) is 0 Å². The minimum Gasteiger partial charge on any atom is -0.374 e. The number of carbonyl (C=O) groups excluding carboxylic acids is 1. The van der Waals surface area contributed by atoms with Crippen molar-refractivity contribution in [1.82, 2.24) is 0 Å². The van der Waals surface area contributed by atoms with Crippen molar-refractivity contribution < 1.29 is 19.0 Å². The fourth-order valence-electron chi connectivity index (χ4n) is 2.59. The Kier molecular flexibility index (Phi) is 3.64. The van der Waals surface area contributed by atoms with Crippen LogP contribution in [0.1, 0.15) is 18.9 Å². The van der Waals surface area contributed by atoms with E-state index in [2.05, 4.69) is 0 Å². The Morgan fingerprint density at radius 2 is 2.05 bits per heavy atom. The summed E-state index contributed by atoms with van der Waals surface area (Å²) < 4.78 is 16.9. The zero-order chi connectivity index (χ0) is 13.2. The van der Waals surface area contributed by atoms with Crippen molar-refractivity contribution in [3.8, 4) is 0 Å². The molecule has 0 N–H and O–H groups in total. The molecule has 2 bridgehead atoms. The van der Waals surface area contributed by atoms with Crippen molar-refractivity contribution in [2.45, 2.75) is 38.4 Å². The lowest BCUT2D eigenvalue weighted by atomic mass is 9.94. The standard InChI is InChI=1S/C15H18O4/c1-10-7-13-18-12(15(19-13)14(10)16)9-17-8-11-5-3-2-4-6-11/h2-6,10,12-13,15H,7-9H2,1H3/t10?,12-,13+,15+/m1/s1. The largest absolute Gasteiger partial charge is 0.374 e. The number of hydrogen-bond donors (Lipinski definition) is 0. The molecule has 1 aromatic rings. The van der Waals surface area contributed by atoms with E-state index < -0.39 is 6.10 Å². The molecule has 2 heterocycles. The maximum atomic E-state index is 12.0. The number of carbonyl (C=O) groups is 1. The molecule has 4 atom stereocenters. The highest BCUT2D eigenvalue weighted by Crippen LogP contribution is 2.32. The number of benzene rings is 1. The lowest BCUT2D eigenvalue weighted by molar-refractivity contribution is -0.148. The zero-order valence-electron chi connectivity index (χ0n) is 11.0. The lowest BCUT2D eigenvalue weighted by Crippen LogP contribution is -2.39. The van der Waals surface area contributed by atoms with Gasteiger partial charge in [0, 0.05) is 12.3 Å². The smallest absolute Gasteiger partial charge is 0.167 e. The Morgan fingerprint density at radius 1 is 1.26 bits per heavy atom. The van der Waals surface area contributed by atoms with Crippen molar-refractivity contribution >= 4 is 5.78 Å². The summed E-state index contributed by atoms with van der Waals surface area (Å²) in [5.41, 5.74) is 1.11. The first-order valence-corrected chi connectivity index (χ1v) is 6.70. The Morgan fingerprint density at radius 3 is 2.84 bits per heavy atom. The van der Waals surface area contributed by atoms with Gasteiger partial charge in [-0.15, -0.1) is 0 Å². The fraction of sp³-hybridized carbons (Fsp3) is 0.533. The van der Waals surface area contributed by atoms with E-state index in [1.807, 2.05) is 37.3 Å². The third-order valence-electron chi connectivity index (χ3n) is 3.67. The molecule has 0 spiro atoms. The van der Waals surface area contributed by atoms with Crippen LogP contribution in [0.15, 0.2) is 30.3 Å². The molecule has 0 amide bonds. The maximum absolute atomic E-state index is 12.0. The van der Waals surface area contributed by atoms with E-state index in [0.29, 0.717) is 19.6 Å². The van der Waals surface area contributed by atoms with Gasteiger partial charge in [0.2, 0.25) is 0 Å². The number of fused-ring (bicyclic) bond motifs is 2. The summed E-state index contributed by atoms with van der Waals surface area (Å²) in [6.07, 6.45) is -0.274. The summed E-state index contributed by atoms with van der Waals surface area (Å²) >= 11 is 0. The third-order valence-corrected chi connectivity index (χ3v) is 3.67. The molecule has 0 aliphatic carbocycles. The van der Waals surface area contributed by atoms with Crippen LogP contribution in [0, 0.1) is 5.92 Å². The Labute approximate surface area is 112 Å². The molecule has 1 aromatic carbocycles. The number of hydrogen-bond acceptors (Lipinski definition) is 4. The van der Waals surface area contributed by atoms with E-state index in [0.717, 1.165) is 5.56 Å². The molecule has 4 nitrogen and oxygen atoms in total. The molecule has 1 unspecified atom stereocenters. The molecule has 0 saturated carbocycles. The average Bonchev–Trinajstić information content (AvgIpc) is 2.77. The summed E-state index contributed by atoms with van der Waals surface area (Å²) in [7, 11) is 0. The van der Waals surface area contributed by atoms with Crippen molar-refractivity contribution in [1.29, 1.82) is 0 Å². The molecular weight excluding hydrogens is 244 g/mol. The van der Waals surface area contributed by atoms with E-state index in [-0.39, 0.29) is 24.1 Å². The topological polar surface area (TPSA) is 44.8 Å². The van der Waals surface area contributed by atoms with E-state index in [1.54, 1.807) is 0 Å². The van der Waals surface area contributed by atoms with Crippen LogP contribution in [0.4, 0.5) is 0 Å². The summed E-state index contributed by atoms with van der Waals surface area (Å²) in [6.45, 7) is 2.86. The van der Waals surface area contributed by atoms with Gasteiger partial charge in [-0.25, -0.2) is 0 Å². The first-order valence-electron chi connectivity index (χ1n) is 6.70. The van der Waals surface area contributed by atoms with Crippen LogP contribution in [0.2, 0.25) is 0 Å². The highest BCUT2D eigenvalue weighted by molar-refractivity contribution is 5.86. The van der Waals surface area contributed by atoms with Crippen molar-refractivity contribution in [2.24, 2.45) is 5.92 Å². The normalized spacial score (nSPS) is 33.6. The Hall–Kier alpha value is -1.23. The van der Waals surface area contributed by atoms with Gasteiger partial charge in [0.1, 0.15) is 12.2 Å². The molecular formula is C15H18O4. The Balaban J connectivity index is 1.52. The van der Waals surface area contributed by atoms with Gasteiger partial charge in [-0.05, 0) is 5.56 Å². The summed E-state index contributed by atoms with van der Waals surface area (Å²) in [4.78, 5) is 12.0. The van der Waals surface area contributed by atoms with Gasteiger partial charge in [0.05, 0.1) is 13.2 Å². The summed E-state index contributed by atoms with van der Waals surface area (Å²) in [5.74, 6) is 0.171. The van der Waals surface area contributed by atoms with Crippen LogP contribution >= 0.6 is 0 Å². The van der Waals surface area contributed by atoms with Crippen LogP contribution in [-0.2, 0) is 25.6 Å². The van der Waals surface area contributed by atoms with Gasteiger partial charge in [-0.3, -0.25) is 4.79 Å². The molecule has 4 heteroatoms. The highest BCUT2D eigenvalue weighted by atomic mass is 16.7. The minimum absolute atomic E-state index is 0.0304. The molecule has 2 fully saturated rings. The average molecular weight is 262 g/mol. The molecule has 0 aromatic heterocycles. The lowest BCUT2D eigenvalue weighted by Gasteiger charge is -2.22. The molecule has 102 valence electrons. The molecule has 2 aliphatic rings. The number of ketones is 1. The molecule has 2 saturated heterocycles. The highest BCUT2D eigenvalue weighted by Gasteiger charge is 2.47. The zero-order valence-corrected chi connectivity index (χ0v) is 11.0. The van der Waals surface area contributed by atoms with Crippen molar-refractivity contribution in [3.63, 3.8) is 0 Å². The minimum atomic E-state index is -0.440. The monoisotopic (exact) mass is 262 g/mol. The van der Waals surface area contributed by atoms with Gasteiger partial charge >= 0.3 is 0 Å². The van der Waals surface area contributed by atoms with Crippen molar-refractivity contribution in [2.75, 3.05) is 6.61 Å². The van der Waals surface area contributed by atoms with E-state index in [1.165, 1.54) is 0 Å². The predicted molar refractivity (Wildman–Crippen MR) is 68.4 cm³/mol. The van der Waals surface area contributed by atoms with Crippen LogP contribution < -0.4 is 0 Å². The van der Waals surface area contributed by atoms with Crippen LogP contribution in [-0.4, -0.2) is 30.9 Å². The molecule has 3 rings (SSSR count). The molecule has 19 heavy (non-hydrogen) atoms. The molecule has 2 aliphatic heterocycles. The second kappa shape index (κ2) is 5.41. The first-order chi connectivity index (χ1) is 9.24. The second-order valence-corrected chi connectivity index (χ2v) is 5.20.